The second-order valence-corrected chi connectivity index (χ2v) is 5.45. The molecule has 0 radical (unpaired) electrons. The first kappa shape index (κ1) is 14.3. The Morgan fingerprint density at radius 1 is 1.18 bits per heavy atom. The highest BCUT2D eigenvalue weighted by Crippen LogP contribution is 2.35. The number of hydrogen-bond donors (Lipinski definition) is 0. The van der Waals surface area contributed by atoms with Gasteiger partial charge in [-0.2, -0.15) is 10.2 Å². The van der Waals surface area contributed by atoms with Crippen molar-refractivity contribution >= 4 is 5.95 Å². The van der Waals surface area contributed by atoms with Gasteiger partial charge in [0.1, 0.15) is 0 Å². The van der Waals surface area contributed by atoms with Crippen LogP contribution in [-0.2, 0) is 5.41 Å². The molecule has 0 atom stereocenters. The van der Waals surface area contributed by atoms with Gasteiger partial charge in [-0.25, -0.2) is 4.98 Å². The number of benzene rings is 1. The van der Waals surface area contributed by atoms with E-state index in [0.29, 0.717) is 11.8 Å². The van der Waals surface area contributed by atoms with Gasteiger partial charge in [0, 0.05) is 25.4 Å². The lowest BCUT2D eigenvalue weighted by Crippen LogP contribution is -2.42. The SMILES string of the molecule is COc1ccnc(N2CCC(C#N)(c3ccccc3)CC2)n1. The van der Waals surface area contributed by atoms with E-state index in [1.165, 1.54) is 0 Å². The molecule has 0 unspecified atom stereocenters. The quantitative estimate of drug-likeness (QED) is 0.870. The molecule has 0 saturated carbocycles. The lowest BCUT2D eigenvalue weighted by atomic mass is 9.74. The van der Waals surface area contributed by atoms with Crippen LogP contribution in [0.3, 0.4) is 0 Å². The summed E-state index contributed by atoms with van der Waals surface area (Å²) in [7, 11) is 1.60. The van der Waals surface area contributed by atoms with Crippen LogP contribution >= 0.6 is 0 Å². The smallest absolute Gasteiger partial charge is 0.228 e. The summed E-state index contributed by atoms with van der Waals surface area (Å²) in [6.45, 7) is 1.52. The molecule has 0 bridgehead atoms. The Bertz CT molecular complexity index is 673. The minimum absolute atomic E-state index is 0.406. The molecule has 1 fully saturated rings. The lowest BCUT2D eigenvalue weighted by molar-refractivity contribution is 0.390. The Morgan fingerprint density at radius 2 is 1.91 bits per heavy atom. The van der Waals surface area contributed by atoms with Crippen molar-refractivity contribution in [3.05, 3.63) is 48.2 Å². The molecule has 5 heteroatoms. The maximum atomic E-state index is 9.71. The molecule has 112 valence electrons. The van der Waals surface area contributed by atoms with Crippen LogP contribution in [-0.4, -0.2) is 30.2 Å². The highest BCUT2D eigenvalue weighted by Gasteiger charge is 2.37. The zero-order valence-corrected chi connectivity index (χ0v) is 12.6. The third-order valence-electron chi connectivity index (χ3n) is 4.27. The molecule has 1 aromatic carbocycles. The Balaban J connectivity index is 1.78. The lowest BCUT2D eigenvalue weighted by Gasteiger charge is -2.37. The molecule has 1 saturated heterocycles. The highest BCUT2D eigenvalue weighted by atomic mass is 16.5. The van der Waals surface area contributed by atoms with Gasteiger partial charge in [-0.3, -0.25) is 0 Å². The predicted octanol–water partition coefficient (Wildman–Crippen LogP) is 2.55. The van der Waals surface area contributed by atoms with Crippen LogP contribution in [0.2, 0.25) is 0 Å². The Kier molecular flexibility index (Phi) is 3.92. The fourth-order valence-electron chi connectivity index (χ4n) is 2.91. The summed E-state index contributed by atoms with van der Waals surface area (Å²) in [5.41, 5.74) is 0.695. The Morgan fingerprint density at radius 3 is 2.55 bits per heavy atom. The summed E-state index contributed by atoms with van der Waals surface area (Å²) in [5, 5.41) is 9.71. The van der Waals surface area contributed by atoms with Crippen LogP contribution in [0.25, 0.3) is 0 Å². The maximum Gasteiger partial charge on any atom is 0.228 e. The van der Waals surface area contributed by atoms with Gasteiger partial charge in [-0.1, -0.05) is 30.3 Å². The van der Waals surface area contributed by atoms with Crippen molar-refractivity contribution < 1.29 is 4.74 Å². The normalized spacial score (nSPS) is 16.8. The van der Waals surface area contributed by atoms with Gasteiger partial charge in [0.05, 0.1) is 18.6 Å². The van der Waals surface area contributed by atoms with E-state index in [4.69, 9.17) is 4.74 Å². The van der Waals surface area contributed by atoms with Crippen LogP contribution in [0.4, 0.5) is 5.95 Å². The van der Waals surface area contributed by atoms with E-state index in [-0.39, 0.29) is 0 Å². The van der Waals surface area contributed by atoms with E-state index >= 15 is 0 Å². The fraction of sp³-hybridized carbons (Fsp3) is 0.353. The number of methoxy groups -OCH3 is 1. The number of hydrogen-bond acceptors (Lipinski definition) is 5. The Hall–Kier alpha value is -2.61. The highest BCUT2D eigenvalue weighted by molar-refractivity contribution is 5.39. The number of rotatable bonds is 3. The number of nitrogens with zero attached hydrogens (tertiary/aromatic N) is 4. The van der Waals surface area contributed by atoms with Crippen molar-refractivity contribution in [1.29, 1.82) is 5.26 Å². The van der Waals surface area contributed by atoms with E-state index in [1.807, 2.05) is 30.3 Å². The zero-order valence-electron chi connectivity index (χ0n) is 12.6. The van der Waals surface area contributed by atoms with Crippen LogP contribution in [0.5, 0.6) is 5.88 Å². The molecule has 0 aliphatic carbocycles. The third kappa shape index (κ3) is 2.60. The summed E-state index contributed by atoms with van der Waals surface area (Å²) < 4.78 is 5.15. The first-order valence-corrected chi connectivity index (χ1v) is 7.36. The van der Waals surface area contributed by atoms with Crippen molar-refractivity contribution in [2.75, 3.05) is 25.1 Å². The van der Waals surface area contributed by atoms with Gasteiger partial charge < -0.3 is 9.64 Å². The molecule has 0 spiro atoms. The van der Waals surface area contributed by atoms with Gasteiger partial charge in [-0.05, 0) is 18.4 Å². The standard InChI is InChI=1S/C17H18N4O/c1-22-15-7-10-19-16(20-15)21-11-8-17(13-18,9-12-21)14-5-3-2-4-6-14/h2-7,10H,8-9,11-12H2,1H3. The van der Waals surface area contributed by atoms with Gasteiger partial charge in [-0.15, -0.1) is 0 Å². The van der Waals surface area contributed by atoms with E-state index in [9.17, 15) is 5.26 Å². The molecule has 22 heavy (non-hydrogen) atoms. The molecular formula is C17H18N4O. The van der Waals surface area contributed by atoms with Gasteiger partial charge in [0.2, 0.25) is 11.8 Å². The number of nitriles is 1. The topological polar surface area (TPSA) is 62.0 Å². The summed E-state index contributed by atoms with van der Waals surface area (Å²) in [6.07, 6.45) is 3.24. The number of ether oxygens (including phenoxy) is 1. The molecule has 2 aromatic rings. The van der Waals surface area contributed by atoms with Crippen LogP contribution in [0.1, 0.15) is 18.4 Å². The molecule has 5 nitrogen and oxygen atoms in total. The Labute approximate surface area is 130 Å². The first-order chi connectivity index (χ1) is 10.8. The average Bonchev–Trinajstić information content (AvgIpc) is 2.62. The van der Waals surface area contributed by atoms with Crippen molar-refractivity contribution in [2.24, 2.45) is 0 Å². The molecule has 1 aliphatic heterocycles. The zero-order chi connectivity index (χ0) is 15.4. The summed E-state index contributed by atoms with van der Waals surface area (Å²) >= 11 is 0. The van der Waals surface area contributed by atoms with Gasteiger partial charge >= 0.3 is 0 Å². The minimum Gasteiger partial charge on any atom is -0.481 e. The predicted molar refractivity (Wildman–Crippen MR) is 83.8 cm³/mol. The summed E-state index contributed by atoms with van der Waals surface area (Å²) in [4.78, 5) is 10.8. The van der Waals surface area contributed by atoms with Crippen molar-refractivity contribution in [2.45, 2.75) is 18.3 Å². The van der Waals surface area contributed by atoms with Crippen LogP contribution in [0.15, 0.2) is 42.6 Å². The van der Waals surface area contributed by atoms with Crippen LogP contribution < -0.4 is 9.64 Å². The molecule has 0 amide bonds. The number of anilines is 1. The second kappa shape index (κ2) is 6.02. The van der Waals surface area contributed by atoms with E-state index < -0.39 is 5.41 Å². The van der Waals surface area contributed by atoms with E-state index in [2.05, 4.69) is 20.9 Å². The van der Waals surface area contributed by atoms with E-state index in [0.717, 1.165) is 31.5 Å². The first-order valence-electron chi connectivity index (χ1n) is 7.36. The maximum absolute atomic E-state index is 9.71. The average molecular weight is 294 g/mol. The van der Waals surface area contributed by atoms with Crippen molar-refractivity contribution in [3.63, 3.8) is 0 Å². The largest absolute Gasteiger partial charge is 0.481 e. The molecule has 2 heterocycles. The van der Waals surface area contributed by atoms with Crippen molar-refractivity contribution in [3.8, 4) is 11.9 Å². The molecule has 1 aromatic heterocycles. The molecule has 1 aliphatic rings. The van der Waals surface area contributed by atoms with Gasteiger partial charge in [0.15, 0.2) is 0 Å². The second-order valence-electron chi connectivity index (χ2n) is 5.45. The summed E-state index contributed by atoms with van der Waals surface area (Å²) in [5.74, 6) is 1.23. The van der Waals surface area contributed by atoms with Gasteiger partial charge in [0.25, 0.3) is 0 Å². The van der Waals surface area contributed by atoms with Crippen LogP contribution in [0, 0.1) is 11.3 Å². The number of piperidine rings is 1. The molecular weight excluding hydrogens is 276 g/mol. The number of aromatic nitrogens is 2. The summed E-state index contributed by atoms with van der Waals surface area (Å²) in [6, 6.07) is 14.3. The van der Waals surface area contributed by atoms with E-state index in [1.54, 1.807) is 19.4 Å². The fourth-order valence-corrected chi connectivity index (χ4v) is 2.91. The third-order valence-corrected chi connectivity index (χ3v) is 4.27. The van der Waals surface area contributed by atoms with Crippen molar-refractivity contribution in [1.82, 2.24) is 9.97 Å². The minimum atomic E-state index is -0.406. The molecule has 0 N–H and O–H groups in total. The monoisotopic (exact) mass is 294 g/mol. The molecule has 3 rings (SSSR count).